The minimum Gasteiger partial charge on any atom is -0.379 e. The van der Waals surface area contributed by atoms with Crippen molar-refractivity contribution >= 4 is 44.2 Å². The largest absolute Gasteiger partial charge is 0.379 e. The zero-order chi connectivity index (χ0) is 17.3. The highest BCUT2D eigenvalue weighted by Crippen LogP contribution is 2.29. The highest BCUT2D eigenvalue weighted by atomic mass is 35.5. The average molecular weight is 370 g/mol. The first-order chi connectivity index (χ1) is 11.4. The predicted octanol–water partition coefficient (Wildman–Crippen LogP) is 1.11. The molecule has 1 fully saturated rings. The van der Waals surface area contributed by atoms with Gasteiger partial charge >= 0.3 is 0 Å². The molecular weight excluding hydrogens is 354 g/mol. The number of benzene rings is 1. The summed E-state index contributed by atoms with van der Waals surface area (Å²) in [6.45, 7) is 1.44. The lowest BCUT2D eigenvalue weighted by molar-refractivity contribution is 0.0730. The van der Waals surface area contributed by atoms with E-state index in [0.29, 0.717) is 42.8 Å². The number of rotatable bonds is 3. The standard InChI is InChI=1S/C14H16ClN5O3S/c15-20(14(16)17)13-9-18-8-10-7-11(1-2-12(10)13)24(21,22)19-3-5-23-6-4-19/h1-2,7-9H,3-6H2,(H3,16,17). The molecule has 1 aromatic heterocycles. The Hall–Kier alpha value is -1.94. The first kappa shape index (κ1) is 16.9. The summed E-state index contributed by atoms with van der Waals surface area (Å²) in [7, 11) is -3.59. The number of hydrogen-bond acceptors (Lipinski definition) is 5. The van der Waals surface area contributed by atoms with Crippen LogP contribution in [0.2, 0.25) is 0 Å². The zero-order valence-corrected chi connectivity index (χ0v) is 14.2. The van der Waals surface area contributed by atoms with Gasteiger partial charge in [0.25, 0.3) is 0 Å². The van der Waals surface area contributed by atoms with Crippen LogP contribution in [0.3, 0.4) is 0 Å². The third-order valence-electron chi connectivity index (χ3n) is 3.74. The second-order valence-electron chi connectivity index (χ2n) is 5.22. The van der Waals surface area contributed by atoms with E-state index in [1.165, 1.54) is 16.6 Å². The van der Waals surface area contributed by atoms with Crippen LogP contribution in [-0.2, 0) is 14.8 Å². The summed E-state index contributed by atoms with van der Waals surface area (Å²) in [4.78, 5) is 4.23. The molecule has 0 amide bonds. The molecule has 1 aromatic carbocycles. The summed E-state index contributed by atoms with van der Waals surface area (Å²) < 4.78 is 33.0. The number of ether oxygens (including phenoxy) is 1. The van der Waals surface area contributed by atoms with Crippen molar-refractivity contribution in [1.29, 1.82) is 5.41 Å². The van der Waals surface area contributed by atoms with Crippen LogP contribution < -0.4 is 10.2 Å². The van der Waals surface area contributed by atoms with E-state index in [1.807, 2.05) is 0 Å². The number of aromatic nitrogens is 1. The molecule has 1 aliphatic heterocycles. The van der Waals surface area contributed by atoms with Crippen LogP contribution in [0.15, 0.2) is 35.5 Å². The predicted molar refractivity (Wildman–Crippen MR) is 91.6 cm³/mol. The Labute approximate surface area is 144 Å². The first-order valence-electron chi connectivity index (χ1n) is 7.17. The average Bonchev–Trinajstić information content (AvgIpc) is 2.60. The third kappa shape index (κ3) is 3.03. The van der Waals surface area contributed by atoms with Crippen molar-refractivity contribution < 1.29 is 13.2 Å². The van der Waals surface area contributed by atoms with E-state index in [2.05, 4.69) is 4.98 Å². The van der Waals surface area contributed by atoms with Crippen LogP contribution in [0.5, 0.6) is 0 Å². The van der Waals surface area contributed by atoms with E-state index < -0.39 is 10.0 Å². The molecule has 3 N–H and O–H groups in total. The van der Waals surface area contributed by atoms with E-state index in [0.717, 1.165) is 4.42 Å². The van der Waals surface area contributed by atoms with Crippen LogP contribution in [0.1, 0.15) is 0 Å². The lowest BCUT2D eigenvalue weighted by Gasteiger charge is -2.26. The van der Waals surface area contributed by atoms with E-state index >= 15 is 0 Å². The van der Waals surface area contributed by atoms with Crippen molar-refractivity contribution in [2.45, 2.75) is 4.90 Å². The Bertz CT molecular complexity index is 883. The number of nitrogens with zero attached hydrogens (tertiary/aromatic N) is 3. The lowest BCUT2D eigenvalue weighted by Crippen LogP contribution is -2.40. The van der Waals surface area contributed by atoms with Crippen LogP contribution >= 0.6 is 11.8 Å². The molecule has 0 saturated carbocycles. The van der Waals surface area contributed by atoms with Crippen LogP contribution in [-0.4, -0.2) is 50.0 Å². The molecule has 0 spiro atoms. The van der Waals surface area contributed by atoms with Gasteiger partial charge in [0.05, 0.1) is 30.0 Å². The molecule has 0 bridgehead atoms. The third-order valence-corrected chi connectivity index (χ3v) is 6.00. The fourth-order valence-electron chi connectivity index (χ4n) is 2.52. The van der Waals surface area contributed by atoms with Crippen molar-refractivity contribution in [2.75, 3.05) is 30.7 Å². The molecule has 0 atom stereocenters. The molecular formula is C14H16ClN5O3S. The maximum atomic E-state index is 12.7. The maximum absolute atomic E-state index is 12.7. The normalized spacial score (nSPS) is 16.2. The highest BCUT2D eigenvalue weighted by molar-refractivity contribution is 7.89. The SMILES string of the molecule is N=C(N)N(Cl)c1cncc2cc(S(=O)(=O)N3CCOCC3)ccc12. The number of fused-ring (bicyclic) bond motifs is 1. The van der Waals surface area contributed by atoms with Gasteiger partial charge in [-0.15, -0.1) is 0 Å². The Kier molecular flexibility index (Phi) is 4.59. The molecule has 2 aromatic rings. The molecule has 24 heavy (non-hydrogen) atoms. The molecule has 0 radical (unpaired) electrons. The topological polar surface area (TPSA) is 113 Å². The van der Waals surface area contributed by atoms with Gasteiger partial charge < -0.3 is 10.5 Å². The van der Waals surface area contributed by atoms with Crippen molar-refractivity contribution in [3.8, 4) is 0 Å². The van der Waals surface area contributed by atoms with Crippen molar-refractivity contribution in [3.63, 3.8) is 0 Å². The summed E-state index contributed by atoms with van der Waals surface area (Å²) in [5.41, 5.74) is 5.80. The summed E-state index contributed by atoms with van der Waals surface area (Å²) in [6.07, 6.45) is 3.01. The highest BCUT2D eigenvalue weighted by Gasteiger charge is 2.26. The number of hydrogen-bond donors (Lipinski definition) is 2. The summed E-state index contributed by atoms with van der Waals surface area (Å²) in [5.74, 6) is -0.351. The van der Waals surface area contributed by atoms with Gasteiger partial charge in [-0.2, -0.15) is 4.31 Å². The smallest absolute Gasteiger partial charge is 0.243 e. The minimum absolute atomic E-state index is 0.180. The molecule has 1 saturated heterocycles. The molecule has 8 nitrogen and oxygen atoms in total. The maximum Gasteiger partial charge on any atom is 0.243 e. The quantitative estimate of drug-likeness (QED) is 0.476. The number of morpholine rings is 1. The molecule has 128 valence electrons. The van der Waals surface area contributed by atoms with Crippen molar-refractivity contribution in [2.24, 2.45) is 5.73 Å². The zero-order valence-electron chi connectivity index (χ0n) is 12.6. The molecule has 0 aliphatic carbocycles. The van der Waals surface area contributed by atoms with E-state index in [-0.39, 0.29) is 10.9 Å². The fraction of sp³-hybridized carbons (Fsp3) is 0.286. The van der Waals surface area contributed by atoms with E-state index in [1.54, 1.807) is 18.3 Å². The van der Waals surface area contributed by atoms with Crippen LogP contribution in [0, 0.1) is 5.41 Å². The van der Waals surface area contributed by atoms with Crippen molar-refractivity contribution in [3.05, 3.63) is 30.6 Å². The molecule has 10 heteroatoms. The molecule has 1 aliphatic rings. The second-order valence-corrected chi connectivity index (χ2v) is 7.50. The summed E-state index contributed by atoms with van der Waals surface area (Å²) in [5, 5.41) is 8.66. The van der Waals surface area contributed by atoms with Gasteiger partial charge in [-0.05, 0) is 12.1 Å². The van der Waals surface area contributed by atoms with Crippen LogP contribution in [0.25, 0.3) is 10.8 Å². The van der Waals surface area contributed by atoms with Gasteiger partial charge in [0.1, 0.15) is 0 Å². The second kappa shape index (κ2) is 6.52. The first-order valence-corrected chi connectivity index (χ1v) is 8.94. The number of halogens is 1. The Morgan fingerprint density at radius 1 is 1.33 bits per heavy atom. The van der Waals surface area contributed by atoms with Gasteiger partial charge in [0, 0.05) is 41.8 Å². The molecule has 2 heterocycles. The Morgan fingerprint density at radius 3 is 2.71 bits per heavy atom. The number of guanidine groups is 1. The summed E-state index contributed by atoms with van der Waals surface area (Å²) >= 11 is 5.97. The lowest BCUT2D eigenvalue weighted by atomic mass is 10.1. The number of pyridine rings is 1. The fourth-order valence-corrected chi connectivity index (χ4v) is 4.10. The van der Waals surface area contributed by atoms with Gasteiger partial charge in [-0.25, -0.2) is 12.8 Å². The number of nitrogens with one attached hydrogen (secondary N) is 1. The van der Waals surface area contributed by atoms with Crippen molar-refractivity contribution in [1.82, 2.24) is 9.29 Å². The van der Waals surface area contributed by atoms with Gasteiger partial charge in [0.15, 0.2) is 0 Å². The summed E-state index contributed by atoms with van der Waals surface area (Å²) in [6, 6.07) is 4.70. The number of sulfonamides is 1. The van der Waals surface area contributed by atoms with Gasteiger partial charge in [0.2, 0.25) is 16.0 Å². The Morgan fingerprint density at radius 2 is 2.04 bits per heavy atom. The number of nitrogens with two attached hydrogens (primary N) is 1. The monoisotopic (exact) mass is 369 g/mol. The Balaban J connectivity index is 2.05. The molecule has 3 rings (SSSR count). The minimum atomic E-state index is -3.59. The van der Waals surface area contributed by atoms with Gasteiger partial charge in [-0.3, -0.25) is 10.4 Å². The van der Waals surface area contributed by atoms with E-state index in [9.17, 15) is 8.42 Å². The van der Waals surface area contributed by atoms with Gasteiger partial charge in [-0.1, -0.05) is 6.07 Å². The van der Waals surface area contributed by atoms with E-state index in [4.69, 9.17) is 27.7 Å². The van der Waals surface area contributed by atoms with Crippen LogP contribution in [0.4, 0.5) is 5.69 Å². The number of anilines is 1. The molecule has 0 unspecified atom stereocenters.